The molecule has 168 valence electrons. The zero-order valence-electron chi connectivity index (χ0n) is 17.4. The molecule has 1 aromatic heterocycles. The maximum Gasteiger partial charge on any atom is 0.416 e. The Hall–Kier alpha value is -3.20. The van der Waals surface area contributed by atoms with Crippen LogP contribution in [0.4, 0.5) is 13.2 Å². The molecule has 2 heterocycles. The van der Waals surface area contributed by atoms with Gasteiger partial charge in [0, 0.05) is 19.6 Å². The largest absolute Gasteiger partial charge is 0.416 e. The van der Waals surface area contributed by atoms with Crippen molar-refractivity contribution in [2.75, 3.05) is 19.6 Å². The van der Waals surface area contributed by atoms with Crippen molar-refractivity contribution in [3.8, 4) is 0 Å². The van der Waals surface area contributed by atoms with Gasteiger partial charge in [-0.15, -0.1) is 5.10 Å². The number of carbonyl (C=O) groups excluding carboxylic acids is 1. The molecule has 0 unspecified atom stereocenters. The topological polar surface area (TPSA) is 63.1 Å². The highest BCUT2D eigenvalue weighted by Gasteiger charge is 2.33. The highest BCUT2D eigenvalue weighted by molar-refractivity contribution is 5.91. The van der Waals surface area contributed by atoms with Gasteiger partial charge in [-0.1, -0.05) is 53.7 Å². The van der Waals surface area contributed by atoms with Crippen molar-refractivity contribution in [2.45, 2.75) is 25.7 Å². The van der Waals surface area contributed by atoms with Crippen LogP contribution in [0.15, 0.2) is 60.8 Å². The number of halogens is 3. The first-order valence-electron chi connectivity index (χ1n) is 10.5. The quantitative estimate of drug-likeness (QED) is 0.606. The number of alkyl halides is 3. The first kappa shape index (κ1) is 22.0. The molecule has 0 saturated carbocycles. The molecule has 0 spiro atoms. The second-order valence-corrected chi connectivity index (χ2v) is 8.04. The lowest BCUT2D eigenvalue weighted by Gasteiger charge is -2.16. The number of nitrogens with one attached hydrogen (secondary N) is 1. The molecule has 0 bridgehead atoms. The van der Waals surface area contributed by atoms with Crippen LogP contribution in [-0.4, -0.2) is 45.4 Å². The molecule has 0 aliphatic carbocycles. The number of hydrogen-bond donors (Lipinski definition) is 1. The molecular weight excluding hydrogens is 419 g/mol. The lowest BCUT2D eigenvalue weighted by Crippen LogP contribution is -2.31. The number of rotatable bonds is 7. The molecule has 2 aromatic carbocycles. The van der Waals surface area contributed by atoms with E-state index in [1.165, 1.54) is 34.6 Å². The van der Waals surface area contributed by atoms with Crippen LogP contribution in [0.2, 0.25) is 0 Å². The van der Waals surface area contributed by atoms with Crippen LogP contribution in [0.3, 0.4) is 0 Å². The van der Waals surface area contributed by atoms with Crippen molar-refractivity contribution in [3.05, 3.63) is 83.2 Å². The summed E-state index contributed by atoms with van der Waals surface area (Å²) in [6.07, 6.45) is -2.08. The van der Waals surface area contributed by atoms with Gasteiger partial charge in [0.2, 0.25) is 0 Å². The summed E-state index contributed by atoms with van der Waals surface area (Å²) in [6, 6.07) is 15.6. The van der Waals surface area contributed by atoms with Gasteiger partial charge in [-0.05, 0) is 36.1 Å². The zero-order chi connectivity index (χ0) is 22.6. The van der Waals surface area contributed by atoms with E-state index < -0.39 is 11.7 Å². The van der Waals surface area contributed by atoms with E-state index in [-0.39, 0.29) is 23.7 Å². The number of amides is 1. The standard InChI is InChI=1S/C23H24F3N5O/c24-23(25,26)20-9-5-4-8-19(20)15-31-16-21(28-29-31)22(32)27-12-18-10-11-30(14-18)13-17-6-2-1-3-7-17/h1-9,16,18H,10-15H2,(H,27,32)/t18-/m1/s1. The molecule has 1 aliphatic heterocycles. The predicted molar refractivity (Wildman–Crippen MR) is 113 cm³/mol. The summed E-state index contributed by atoms with van der Waals surface area (Å²) < 4.78 is 40.8. The summed E-state index contributed by atoms with van der Waals surface area (Å²) in [5.74, 6) is -0.0294. The minimum Gasteiger partial charge on any atom is -0.350 e. The maximum atomic E-state index is 13.2. The summed E-state index contributed by atoms with van der Waals surface area (Å²) >= 11 is 0. The van der Waals surface area contributed by atoms with Crippen molar-refractivity contribution in [2.24, 2.45) is 5.92 Å². The van der Waals surface area contributed by atoms with Crippen LogP contribution in [0, 0.1) is 5.92 Å². The first-order chi connectivity index (χ1) is 15.4. The fourth-order valence-corrected chi connectivity index (χ4v) is 3.98. The van der Waals surface area contributed by atoms with Crippen molar-refractivity contribution >= 4 is 5.91 Å². The van der Waals surface area contributed by atoms with Gasteiger partial charge in [0.05, 0.1) is 18.3 Å². The SMILES string of the molecule is O=C(NC[C@H]1CCN(Cc2ccccc2)C1)c1cn(Cc2ccccc2C(F)(F)F)nn1. The Morgan fingerprint density at radius 1 is 1.06 bits per heavy atom. The van der Waals surface area contributed by atoms with Gasteiger partial charge in [0.1, 0.15) is 0 Å². The molecule has 1 N–H and O–H groups in total. The van der Waals surface area contributed by atoms with Gasteiger partial charge in [-0.25, -0.2) is 4.68 Å². The van der Waals surface area contributed by atoms with E-state index >= 15 is 0 Å². The second kappa shape index (κ2) is 9.52. The van der Waals surface area contributed by atoms with Crippen molar-refractivity contribution < 1.29 is 18.0 Å². The van der Waals surface area contributed by atoms with Gasteiger partial charge < -0.3 is 5.32 Å². The molecule has 1 saturated heterocycles. The summed E-state index contributed by atoms with van der Waals surface area (Å²) in [6.45, 7) is 3.17. The molecule has 1 fully saturated rings. The fourth-order valence-electron chi connectivity index (χ4n) is 3.98. The predicted octanol–water partition coefficient (Wildman–Crippen LogP) is 3.60. The lowest BCUT2D eigenvalue weighted by molar-refractivity contribution is -0.138. The number of aromatic nitrogens is 3. The molecule has 1 aliphatic rings. The summed E-state index contributed by atoms with van der Waals surface area (Å²) in [5, 5.41) is 10.5. The van der Waals surface area contributed by atoms with E-state index in [4.69, 9.17) is 0 Å². The van der Waals surface area contributed by atoms with Gasteiger partial charge in [-0.2, -0.15) is 13.2 Å². The Bertz CT molecular complexity index is 1050. The minimum atomic E-state index is -4.45. The average Bonchev–Trinajstić information content (AvgIpc) is 3.42. The zero-order valence-corrected chi connectivity index (χ0v) is 17.4. The smallest absolute Gasteiger partial charge is 0.350 e. The highest BCUT2D eigenvalue weighted by atomic mass is 19.4. The number of benzene rings is 2. The molecule has 0 radical (unpaired) electrons. The Balaban J connectivity index is 1.29. The summed E-state index contributed by atoms with van der Waals surface area (Å²) in [5.41, 5.74) is 0.707. The van der Waals surface area contributed by atoms with Gasteiger partial charge in [0.25, 0.3) is 5.91 Å². The number of likely N-dealkylation sites (tertiary alicyclic amines) is 1. The third-order valence-corrected chi connectivity index (χ3v) is 5.60. The lowest BCUT2D eigenvalue weighted by atomic mass is 10.1. The summed E-state index contributed by atoms with van der Waals surface area (Å²) in [4.78, 5) is 14.8. The maximum absolute atomic E-state index is 13.2. The third-order valence-electron chi connectivity index (χ3n) is 5.60. The van der Waals surface area contributed by atoms with Gasteiger partial charge in [0.15, 0.2) is 5.69 Å². The third kappa shape index (κ3) is 5.53. The molecule has 9 heteroatoms. The fraction of sp³-hybridized carbons (Fsp3) is 0.348. The Labute approximate surface area is 184 Å². The van der Waals surface area contributed by atoms with Crippen molar-refractivity contribution in [1.29, 1.82) is 0 Å². The molecule has 1 amide bonds. The van der Waals surface area contributed by atoms with Crippen LogP contribution in [-0.2, 0) is 19.3 Å². The molecule has 1 atom stereocenters. The molecule has 6 nitrogen and oxygen atoms in total. The second-order valence-electron chi connectivity index (χ2n) is 8.04. The van der Waals surface area contributed by atoms with E-state index in [1.54, 1.807) is 0 Å². The highest BCUT2D eigenvalue weighted by Crippen LogP contribution is 2.32. The molecular formula is C23H24F3N5O. The van der Waals surface area contributed by atoms with E-state index in [0.29, 0.717) is 12.5 Å². The number of carbonyl (C=O) groups is 1. The van der Waals surface area contributed by atoms with Gasteiger partial charge in [-0.3, -0.25) is 9.69 Å². The number of hydrogen-bond acceptors (Lipinski definition) is 4. The molecule has 4 rings (SSSR count). The normalized spacial score (nSPS) is 16.9. The van der Waals surface area contributed by atoms with E-state index in [9.17, 15) is 18.0 Å². The first-order valence-corrected chi connectivity index (χ1v) is 10.5. The van der Waals surface area contributed by atoms with Crippen LogP contribution in [0.25, 0.3) is 0 Å². The van der Waals surface area contributed by atoms with Crippen LogP contribution < -0.4 is 5.32 Å². The monoisotopic (exact) mass is 443 g/mol. The Morgan fingerprint density at radius 3 is 2.59 bits per heavy atom. The molecule has 32 heavy (non-hydrogen) atoms. The van der Waals surface area contributed by atoms with E-state index in [1.807, 2.05) is 18.2 Å². The minimum absolute atomic E-state index is 0.0707. The molecule has 3 aromatic rings. The van der Waals surface area contributed by atoms with Crippen molar-refractivity contribution in [3.63, 3.8) is 0 Å². The number of nitrogens with zero attached hydrogens (tertiary/aromatic N) is 4. The van der Waals surface area contributed by atoms with Crippen LogP contribution in [0.1, 0.15) is 33.6 Å². The van der Waals surface area contributed by atoms with E-state index in [0.717, 1.165) is 32.1 Å². The average molecular weight is 443 g/mol. The summed E-state index contributed by atoms with van der Waals surface area (Å²) in [7, 11) is 0. The van der Waals surface area contributed by atoms with E-state index in [2.05, 4.69) is 32.7 Å². The van der Waals surface area contributed by atoms with Crippen LogP contribution in [0.5, 0.6) is 0 Å². The van der Waals surface area contributed by atoms with Gasteiger partial charge >= 0.3 is 6.18 Å². The van der Waals surface area contributed by atoms with Crippen LogP contribution >= 0.6 is 0 Å². The Kier molecular flexibility index (Phi) is 6.55. The van der Waals surface area contributed by atoms with Crippen molar-refractivity contribution in [1.82, 2.24) is 25.2 Å². The Morgan fingerprint density at radius 2 is 1.81 bits per heavy atom.